The highest BCUT2D eigenvalue weighted by Gasteiger charge is 2.15. The van der Waals surface area contributed by atoms with Crippen LogP contribution in [0.5, 0.6) is 5.75 Å². The van der Waals surface area contributed by atoms with Crippen LogP contribution in [0.25, 0.3) is 0 Å². The van der Waals surface area contributed by atoms with Crippen LogP contribution in [0.1, 0.15) is 51.3 Å². The van der Waals surface area contributed by atoms with E-state index in [9.17, 15) is 19.7 Å². The Morgan fingerprint density at radius 3 is 2.29 bits per heavy atom. The van der Waals surface area contributed by atoms with Gasteiger partial charge < -0.3 is 10.1 Å². The van der Waals surface area contributed by atoms with Crippen molar-refractivity contribution in [2.75, 3.05) is 25.5 Å². The summed E-state index contributed by atoms with van der Waals surface area (Å²) in [5.41, 5.74) is 5.59. The smallest absolute Gasteiger partial charge is 0.273 e. The highest BCUT2D eigenvalue weighted by molar-refractivity contribution is 6.04. The fourth-order valence-electron chi connectivity index (χ4n) is 3.76. The predicted octanol–water partition coefficient (Wildman–Crippen LogP) is 4.77. The maximum absolute atomic E-state index is 12.9. The minimum absolute atomic E-state index is 0.131. The molecule has 198 valence electrons. The van der Waals surface area contributed by atoms with Gasteiger partial charge in [-0.2, -0.15) is 5.10 Å². The van der Waals surface area contributed by atoms with Crippen LogP contribution in [0.4, 0.5) is 11.4 Å². The van der Waals surface area contributed by atoms with Crippen LogP contribution >= 0.6 is 0 Å². The minimum atomic E-state index is -0.562. The third-order valence-corrected chi connectivity index (χ3v) is 6.05. The number of hydrazone groups is 1. The van der Waals surface area contributed by atoms with Gasteiger partial charge in [-0.3, -0.25) is 24.6 Å². The average Bonchev–Trinajstić information content (AvgIpc) is 2.92. The SMILES string of the molecule is CCN(CC)Cc1cc(C(=O)Nc2ccc(/C=N/NC(=O)c3ccc(C)c([N+](=O)[O-])c3)cc2)ccc1OC. The van der Waals surface area contributed by atoms with Crippen molar-refractivity contribution in [3.8, 4) is 5.75 Å². The maximum atomic E-state index is 12.9. The first kappa shape index (κ1) is 28.0. The summed E-state index contributed by atoms with van der Waals surface area (Å²) in [5.74, 6) is -0.0628. The van der Waals surface area contributed by atoms with Crippen molar-refractivity contribution >= 4 is 29.4 Å². The molecule has 0 aromatic heterocycles. The molecule has 0 aliphatic carbocycles. The number of carbonyl (C=O) groups is 2. The number of aryl methyl sites for hydroxylation is 1. The van der Waals surface area contributed by atoms with Crippen molar-refractivity contribution in [2.45, 2.75) is 27.3 Å². The number of hydrogen-bond donors (Lipinski definition) is 2. The number of ether oxygens (including phenoxy) is 1. The van der Waals surface area contributed by atoms with Crippen LogP contribution in [0.2, 0.25) is 0 Å². The van der Waals surface area contributed by atoms with E-state index in [2.05, 4.69) is 34.6 Å². The first-order chi connectivity index (χ1) is 18.2. The summed E-state index contributed by atoms with van der Waals surface area (Å²) in [6.07, 6.45) is 1.44. The number of carbonyl (C=O) groups excluding carboxylic acids is 2. The Morgan fingerprint density at radius 1 is 1.00 bits per heavy atom. The van der Waals surface area contributed by atoms with Gasteiger partial charge >= 0.3 is 0 Å². The van der Waals surface area contributed by atoms with E-state index in [1.54, 1.807) is 50.4 Å². The Balaban J connectivity index is 1.62. The molecule has 2 N–H and O–H groups in total. The van der Waals surface area contributed by atoms with E-state index >= 15 is 0 Å². The van der Waals surface area contributed by atoms with E-state index in [1.165, 1.54) is 24.4 Å². The van der Waals surface area contributed by atoms with Gasteiger partial charge in [0.2, 0.25) is 0 Å². The Hall–Kier alpha value is -4.57. The van der Waals surface area contributed by atoms with Gasteiger partial charge in [0.05, 0.1) is 18.2 Å². The van der Waals surface area contributed by atoms with Crippen LogP contribution in [0, 0.1) is 17.0 Å². The predicted molar refractivity (Wildman–Crippen MR) is 147 cm³/mol. The molecule has 0 radical (unpaired) electrons. The average molecular weight is 518 g/mol. The van der Waals surface area contributed by atoms with E-state index in [0.717, 1.165) is 24.4 Å². The lowest BCUT2D eigenvalue weighted by atomic mass is 10.1. The van der Waals surface area contributed by atoms with Crippen LogP contribution in [-0.4, -0.2) is 48.1 Å². The second-order valence-electron chi connectivity index (χ2n) is 8.52. The molecule has 2 amide bonds. The van der Waals surface area contributed by atoms with Gasteiger partial charge in [-0.05, 0) is 62.0 Å². The van der Waals surface area contributed by atoms with Crippen molar-refractivity contribution in [3.05, 3.63) is 98.6 Å². The van der Waals surface area contributed by atoms with Crippen LogP contribution in [0.3, 0.4) is 0 Å². The van der Waals surface area contributed by atoms with E-state index in [1.807, 2.05) is 6.07 Å². The van der Waals surface area contributed by atoms with Gasteiger partial charge in [0.25, 0.3) is 17.5 Å². The third-order valence-electron chi connectivity index (χ3n) is 6.05. The highest BCUT2D eigenvalue weighted by atomic mass is 16.6. The first-order valence-corrected chi connectivity index (χ1v) is 12.1. The molecule has 38 heavy (non-hydrogen) atoms. The Morgan fingerprint density at radius 2 is 1.66 bits per heavy atom. The highest BCUT2D eigenvalue weighted by Crippen LogP contribution is 2.23. The van der Waals surface area contributed by atoms with E-state index < -0.39 is 10.8 Å². The molecular formula is C28H31N5O5. The summed E-state index contributed by atoms with van der Waals surface area (Å²) < 4.78 is 5.47. The number of anilines is 1. The van der Waals surface area contributed by atoms with Gasteiger partial charge in [0, 0.05) is 40.6 Å². The van der Waals surface area contributed by atoms with Gasteiger partial charge in [0.1, 0.15) is 5.75 Å². The van der Waals surface area contributed by atoms with E-state index in [0.29, 0.717) is 28.9 Å². The zero-order chi connectivity index (χ0) is 27.7. The number of amides is 2. The summed E-state index contributed by atoms with van der Waals surface area (Å²) in [5, 5.41) is 17.9. The van der Waals surface area contributed by atoms with Crippen LogP contribution in [-0.2, 0) is 6.54 Å². The van der Waals surface area contributed by atoms with Gasteiger partial charge in [-0.1, -0.05) is 32.0 Å². The van der Waals surface area contributed by atoms with Gasteiger partial charge in [-0.15, -0.1) is 0 Å². The number of nitro benzene ring substituents is 1. The second kappa shape index (κ2) is 13.1. The monoisotopic (exact) mass is 517 g/mol. The fourth-order valence-corrected chi connectivity index (χ4v) is 3.76. The molecule has 0 saturated carbocycles. The summed E-state index contributed by atoms with van der Waals surface area (Å²) >= 11 is 0. The summed E-state index contributed by atoms with van der Waals surface area (Å²) in [4.78, 5) is 37.9. The molecule has 0 saturated heterocycles. The topological polar surface area (TPSA) is 126 Å². The Labute approximate surface area is 221 Å². The quantitative estimate of drug-likeness (QED) is 0.214. The number of methoxy groups -OCH3 is 1. The molecule has 10 nitrogen and oxygen atoms in total. The third kappa shape index (κ3) is 7.23. The molecule has 0 heterocycles. The first-order valence-electron chi connectivity index (χ1n) is 12.1. The van der Waals surface area contributed by atoms with Crippen molar-refractivity contribution < 1.29 is 19.2 Å². The number of hydrogen-bond acceptors (Lipinski definition) is 7. The number of nitrogens with zero attached hydrogens (tertiary/aromatic N) is 3. The number of nitro groups is 1. The molecule has 0 aliphatic rings. The standard InChI is InChI=1S/C28H31N5O5/c1-5-32(6-2)18-23-15-21(11-14-26(23)38-4)27(34)30-24-12-8-20(9-13-24)17-29-31-28(35)22-10-7-19(3)25(16-22)33(36)37/h7-17H,5-6,18H2,1-4H3,(H,30,34)(H,31,35)/b29-17+. The number of rotatable bonds is 11. The maximum Gasteiger partial charge on any atom is 0.273 e. The largest absolute Gasteiger partial charge is 0.496 e. The second-order valence-corrected chi connectivity index (χ2v) is 8.52. The van der Waals surface area contributed by atoms with Gasteiger partial charge in [-0.25, -0.2) is 5.43 Å². The van der Waals surface area contributed by atoms with Crippen molar-refractivity contribution in [3.63, 3.8) is 0 Å². The van der Waals surface area contributed by atoms with Crippen LogP contribution in [0.15, 0.2) is 65.8 Å². The minimum Gasteiger partial charge on any atom is -0.496 e. The summed E-state index contributed by atoms with van der Waals surface area (Å²) in [6, 6.07) is 16.5. The van der Waals surface area contributed by atoms with Crippen molar-refractivity contribution in [2.24, 2.45) is 5.10 Å². The Bertz CT molecular complexity index is 1330. The zero-order valence-electron chi connectivity index (χ0n) is 21.9. The lowest BCUT2D eigenvalue weighted by molar-refractivity contribution is -0.385. The molecule has 3 rings (SSSR count). The molecule has 3 aromatic carbocycles. The van der Waals surface area contributed by atoms with E-state index in [4.69, 9.17) is 4.74 Å². The van der Waals surface area contributed by atoms with E-state index in [-0.39, 0.29) is 17.2 Å². The summed E-state index contributed by atoms with van der Waals surface area (Å²) in [6.45, 7) is 8.25. The molecule has 3 aromatic rings. The molecule has 10 heteroatoms. The lowest BCUT2D eigenvalue weighted by Gasteiger charge is -2.20. The molecule has 0 spiro atoms. The van der Waals surface area contributed by atoms with Gasteiger partial charge in [0.15, 0.2) is 0 Å². The van der Waals surface area contributed by atoms with Crippen LogP contribution < -0.4 is 15.5 Å². The summed E-state index contributed by atoms with van der Waals surface area (Å²) in [7, 11) is 1.62. The van der Waals surface area contributed by atoms with Crippen molar-refractivity contribution in [1.82, 2.24) is 10.3 Å². The zero-order valence-corrected chi connectivity index (χ0v) is 21.9. The molecule has 0 fully saturated rings. The molecule has 0 atom stereocenters. The number of benzene rings is 3. The Kier molecular flexibility index (Phi) is 9.66. The molecule has 0 bridgehead atoms. The van der Waals surface area contributed by atoms with Crippen molar-refractivity contribution in [1.29, 1.82) is 0 Å². The lowest BCUT2D eigenvalue weighted by Crippen LogP contribution is -2.23. The number of nitrogens with one attached hydrogen (secondary N) is 2. The molecular weight excluding hydrogens is 486 g/mol. The molecule has 0 aliphatic heterocycles. The molecule has 0 unspecified atom stereocenters. The normalized spacial score (nSPS) is 11.0. The fraction of sp³-hybridized carbons (Fsp3) is 0.250.